The third-order valence-corrected chi connectivity index (χ3v) is 3.93. The summed E-state index contributed by atoms with van der Waals surface area (Å²) in [5.74, 6) is 1.15. The number of rotatable bonds is 7. The molecule has 2 N–H and O–H groups in total. The zero-order valence-electron chi connectivity index (χ0n) is 15.7. The predicted octanol–water partition coefficient (Wildman–Crippen LogP) is 2.10. The number of nitrogens with zero attached hydrogens (tertiary/aromatic N) is 4. The van der Waals surface area contributed by atoms with E-state index in [0.717, 1.165) is 29.3 Å². The van der Waals surface area contributed by atoms with Crippen LogP contribution in [-0.4, -0.2) is 41.4 Å². The van der Waals surface area contributed by atoms with Crippen molar-refractivity contribution in [2.45, 2.75) is 33.9 Å². The van der Waals surface area contributed by atoms with Crippen molar-refractivity contribution in [1.29, 1.82) is 0 Å². The van der Waals surface area contributed by atoms with Gasteiger partial charge in [0.1, 0.15) is 5.82 Å². The number of nitrogens with one attached hydrogen (secondary N) is 2. The van der Waals surface area contributed by atoms with Crippen molar-refractivity contribution < 1.29 is 4.79 Å². The molecule has 0 aliphatic carbocycles. The molecule has 1 atom stereocenters. The average Bonchev–Trinajstić information content (AvgIpc) is 2.88. The normalized spacial score (nSPS) is 11.9. The lowest BCUT2D eigenvalue weighted by atomic mass is 10.2. The average molecular weight is 344 g/mol. The van der Waals surface area contributed by atoms with Gasteiger partial charge in [-0.25, -0.2) is 9.78 Å². The van der Waals surface area contributed by atoms with E-state index in [1.165, 1.54) is 0 Å². The number of urea groups is 1. The molecule has 2 amide bonds. The molecule has 7 nitrogen and oxygen atoms in total. The number of aryl methyl sites for hydroxylation is 2. The number of hydrogen-bond acceptors (Lipinski definition) is 4. The molecule has 136 valence electrons. The second-order valence-electron chi connectivity index (χ2n) is 6.66. The molecule has 7 heteroatoms. The summed E-state index contributed by atoms with van der Waals surface area (Å²) in [5, 5.41) is 10.3. The minimum absolute atomic E-state index is 0.172. The molecule has 2 aromatic rings. The molecular formula is C18H28N6O. The molecular weight excluding hydrogens is 316 g/mol. The summed E-state index contributed by atoms with van der Waals surface area (Å²) in [5.41, 5.74) is 3.14. The Kier molecular flexibility index (Phi) is 6.38. The summed E-state index contributed by atoms with van der Waals surface area (Å²) < 4.78 is 1.98. The van der Waals surface area contributed by atoms with Gasteiger partial charge in [0.05, 0.1) is 5.69 Å². The molecule has 2 heterocycles. The highest BCUT2D eigenvalue weighted by atomic mass is 16.2. The number of aromatic nitrogens is 3. The first-order valence-electron chi connectivity index (χ1n) is 8.50. The van der Waals surface area contributed by atoms with Gasteiger partial charge in [0.2, 0.25) is 0 Å². The van der Waals surface area contributed by atoms with E-state index in [1.807, 2.05) is 49.7 Å². The van der Waals surface area contributed by atoms with Gasteiger partial charge >= 0.3 is 6.03 Å². The molecule has 0 saturated heterocycles. The minimum Gasteiger partial charge on any atom is -0.362 e. The molecule has 0 aliphatic rings. The van der Waals surface area contributed by atoms with Crippen molar-refractivity contribution in [3.8, 4) is 0 Å². The van der Waals surface area contributed by atoms with Gasteiger partial charge in [-0.05, 0) is 31.9 Å². The predicted molar refractivity (Wildman–Crippen MR) is 99.7 cm³/mol. The van der Waals surface area contributed by atoms with Crippen molar-refractivity contribution in [2.24, 2.45) is 5.92 Å². The molecule has 0 bridgehead atoms. The van der Waals surface area contributed by atoms with E-state index in [0.29, 0.717) is 19.0 Å². The van der Waals surface area contributed by atoms with Gasteiger partial charge < -0.3 is 15.5 Å². The Morgan fingerprint density at radius 1 is 1.32 bits per heavy atom. The van der Waals surface area contributed by atoms with E-state index in [4.69, 9.17) is 0 Å². The lowest BCUT2D eigenvalue weighted by Gasteiger charge is -2.17. The molecule has 25 heavy (non-hydrogen) atoms. The maximum atomic E-state index is 12.0. The van der Waals surface area contributed by atoms with E-state index in [1.54, 1.807) is 6.20 Å². The summed E-state index contributed by atoms with van der Waals surface area (Å²) in [6.07, 6.45) is 1.75. The lowest BCUT2D eigenvalue weighted by molar-refractivity contribution is 0.238. The highest BCUT2D eigenvalue weighted by Gasteiger charge is 2.10. The van der Waals surface area contributed by atoms with E-state index >= 15 is 0 Å². The number of carbonyl (C=O) groups is 1. The first-order valence-corrected chi connectivity index (χ1v) is 8.50. The zero-order chi connectivity index (χ0) is 18.4. The minimum atomic E-state index is -0.172. The molecule has 0 aliphatic heterocycles. The summed E-state index contributed by atoms with van der Waals surface area (Å²) >= 11 is 0. The maximum absolute atomic E-state index is 12.0. The van der Waals surface area contributed by atoms with Gasteiger partial charge in [-0.3, -0.25) is 4.68 Å². The Bertz CT molecular complexity index is 709. The van der Waals surface area contributed by atoms with Gasteiger partial charge in [0.15, 0.2) is 0 Å². The Labute approximate surface area is 149 Å². The molecule has 0 aromatic carbocycles. The van der Waals surface area contributed by atoms with Crippen LogP contribution in [0.3, 0.4) is 0 Å². The fraction of sp³-hybridized carbons (Fsp3) is 0.500. The molecule has 2 rings (SSSR count). The van der Waals surface area contributed by atoms with Crippen molar-refractivity contribution in [2.75, 3.05) is 25.5 Å². The standard InChI is InChI=1S/C18H28N6O/c1-13(12-24-15(3)9-14(2)22-24)10-20-18(25)21-11-16-7-6-8-19-17(16)23(4)5/h6-9,13H,10-12H2,1-5H3,(H2,20,21,25). The van der Waals surface area contributed by atoms with Crippen LogP contribution in [-0.2, 0) is 13.1 Å². The van der Waals surface area contributed by atoms with Crippen LogP contribution < -0.4 is 15.5 Å². The van der Waals surface area contributed by atoms with Gasteiger partial charge in [-0.2, -0.15) is 5.10 Å². The molecule has 1 unspecified atom stereocenters. The fourth-order valence-electron chi connectivity index (χ4n) is 2.70. The second-order valence-corrected chi connectivity index (χ2v) is 6.66. The van der Waals surface area contributed by atoms with Crippen LogP contribution in [0.15, 0.2) is 24.4 Å². The number of amides is 2. The monoisotopic (exact) mass is 344 g/mol. The Morgan fingerprint density at radius 3 is 2.72 bits per heavy atom. The van der Waals surface area contributed by atoms with Crippen LogP contribution in [0.4, 0.5) is 10.6 Å². The Hall–Kier alpha value is -2.57. The zero-order valence-corrected chi connectivity index (χ0v) is 15.7. The van der Waals surface area contributed by atoms with Crippen LogP contribution in [0.25, 0.3) is 0 Å². The summed E-state index contributed by atoms with van der Waals surface area (Å²) in [7, 11) is 3.87. The second kappa shape index (κ2) is 8.50. The maximum Gasteiger partial charge on any atom is 0.315 e. The first-order chi connectivity index (χ1) is 11.9. The summed E-state index contributed by atoms with van der Waals surface area (Å²) in [6, 6.07) is 5.73. The number of carbonyl (C=O) groups excluding carboxylic acids is 1. The highest BCUT2D eigenvalue weighted by Crippen LogP contribution is 2.13. The largest absolute Gasteiger partial charge is 0.362 e. The number of hydrogen-bond donors (Lipinski definition) is 2. The SMILES string of the molecule is Cc1cc(C)n(CC(C)CNC(=O)NCc2cccnc2N(C)C)n1. The fourth-order valence-corrected chi connectivity index (χ4v) is 2.70. The van der Waals surface area contributed by atoms with Crippen LogP contribution >= 0.6 is 0 Å². The van der Waals surface area contributed by atoms with Gasteiger partial charge in [-0.15, -0.1) is 0 Å². The van der Waals surface area contributed by atoms with E-state index < -0.39 is 0 Å². The molecule has 0 saturated carbocycles. The van der Waals surface area contributed by atoms with Crippen LogP contribution in [0.1, 0.15) is 23.9 Å². The summed E-state index contributed by atoms with van der Waals surface area (Å²) in [4.78, 5) is 18.3. The third kappa shape index (κ3) is 5.48. The van der Waals surface area contributed by atoms with Crippen molar-refractivity contribution >= 4 is 11.8 Å². The topological polar surface area (TPSA) is 75.1 Å². The lowest BCUT2D eigenvalue weighted by Crippen LogP contribution is -2.38. The number of anilines is 1. The van der Waals surface area contributed by atoms with Gasteiger partial charge in [0.25, 0.3) is 0 Å². The van der Waals surface area contributed by atoms with Crippen LogP contribution in [0.5, 0.6) is 0 Å². The molecule has 0 radical (unpaired) electrons. The quantitative estimate of drug-likeness (QED) is 0.806. The van der Waals surface area contributed by atoms with Crippen molar-refractivity contribution in [1.82, 2.24) is 25.4 Å². The van der Waals surface area contributed by atoms with Gasteiger partial charge in [0, 0.05) is 51.2 Å². The van der Waals surface area contributed by atoms with Crippen molar-refractivity contribution in [3.05, 3.63) is 41.3 Å². The van der Waals surface area contributed by atoms with Crippen LogP contribution in [0, 0.1) is 19.8 Å². The third-order valence-electron chi connectivity index (χ3n) is 3.93. The van der Waals surface area contributed by atoms with E-state index in [9.17, 15) is 4.79 Å². The molecule has 0 fully saturated rings. The van der Waals surface area contributed by atoms with E-state index in [-0.39, 0.29) is 6.03 Å². The summed E-state index contributed by atoms with van der Waals surface area (Å²) in [6.45, 7) is 7.95. The molecule has 2 aromatic heterocycles. The van der Waals surface area contributed by atoms with Crippen molar-refractivity contribution in [3.63, 3.8) is 0 Å². The molecule has 0 spiro atoms. The highest BCUT2D eigenvalue weighted by molar-refractivity contribution is 5.74. The first kappa shape index (κ1) is 18.8. The van der Waals surface area contributed by atoms with Crippen LogP contribution in [0.2, 0.25) is 0 Å². The smallest absolute Gasteiger partial charge is 0.315 e. The Morgan fingerprint density at radius 2 is 2.08 bits per heavy atom. The van der Waals surface area contributed by atoms with Gasteiger partial charge in [-0.1, -0.05) is 13.0 Å². The number of pyridine rings is 1. The Balaban J connectivity index is 1.78. The van der Waals surface area contributed by atoms with E-state index in [2.05, 4.69) is 33.7 Å².